The summed E-state index contributed by atoms with van der Waals surface area (Å²) in [4.78, 5) is 0. The second kappa shape index (κ2) is 9.83. The predicted octanol–water partition coefficient (Wildman–Crippen LogP) is 8.37. The van der Waals surface area contributed by atoms with Crippen LogP contribution in [-0.2, 0) is 0 Å². The Kier molecular flexibility index (Phi) is 6.90. The standard InChI is InChI=1S/C26H21Cl3N2O/c1-17(18-3-6-20(27)7-4-18)15-21-8-14-26(19-5-13-24(28)25(29)16-19)31(30-21)22-9-11-23(32-2)12-10-22/h3-7,9-16H,8H2,1-2H3/b17-15+. The Morgan fingerprint density at radius 2 is 1.66 bits per heavy atom. The Morgan fingerprint density at radius 3 is 2.31 bits per heavy atom. The molecule has 0 aromatic heterocycles. The first kappa shape index (κ1) is 22.5. The molecule has 1 aliphatic rings. The minimum absolute atomic E-state index is 0.507. The third-order valence-corrected chi connectivity index (χ3v) is 6.17. The zero-order valence-corrected chi connectivity index (χ0v) is 19.9. The highest BCUT2D eigenvalue weighted by molar-refractivity contribution is 6.42. The van der Waals surface area contributed by atoms with E-state index in [1.165, 1.54) is 0 Å². The monoisotopic (exact) mass is 482 g/mol. The number of benzene rings is 3. The molecule has 32 heavy (non-hydrogen) atoms. The molecule has 0 radical (unpaired) electrons. The third kappa shape index (κ3) is 5.02. The number of methoxy groups -OCH3 is 1. The highest BCUT2D eigenvalue weighted by Gasteiger charge is 2.19. The summed E-state index contributed by atoms with van der Waals surface area (Å²) in [6, 6.07) is 21.2. The lowest BCUT2D eigenvalue weighted by Gasteiger charge is -2.27. The van der Waals surface area contributed by atoms with E-state index in [0.717, 1.165) is 44.6 Å². The Labute approximate surface area is 203 Å². The molecule has 0 amide bonds. The second-order valence-electron chi connectivity index (χ2n) is 7.36. The molecular weight excluding hydrogens is 463 g/mol. The van der Waals surface area contributed by atoms with E-state index in [0.29, 0.717) is 16.5 Å². The normalized spacial score (nSPS) is 14.2. The third-order valence-electron chi connectivity index (χ3n) is 5.18. The highest BCUT2D eigenvalue weighted by atomic mass is 35.5. The number of anilines is 1. The van der Waals surface area contributed by atoms with E-state index in [9.17, 15) is 0 Å². The van der Waals surface area contributed by atoms with Gasteiger partial charge in [-0.25, -0.2) is 5.01 Å². The van der Waals surface area contributed by atoms with Crippen molar-refractivity contribution in [3.63, 3.8) is 0 Å². The maximum absolute atomic E-state index is 6.29. The van der Waals surface area contributed by atoms with Crippen molar-refractivity contribution in [2.24, 2.45) is 5.10 Å². The largest absolute Gasteiger partial charge is 0.497 e. The predicted molar refractivity (Wildman–Crippen MR) is 137 cm³/mol. The van der Waals surface area contributed by atoms with Gasteiger partial charge in [-0.2, -0.15) is 5.10 Å². The van der Waals surface area contributed by atoms with Gasteiger partial charge in [-0.15, -0.1) is 0 Å². The molecule has 0 fully saturated rings. The molecule has 3 aromatic carbocycles. The van der Waals surface area contributed by atoms with Crippen LogP contribution in [0.25, 0.3) is 11.3 Å². The van der Waals surface area contributed by atoms with Crippen LogP contribution < -0.4 is 9.75 Å². The zero-order valence-electron chi connectivity index (χ0n) is 17.6. The van der Waals surface area contributed by atoms with Gasteiger partial charge in [0.15, 0.2) is 0 Å². The molecule has 6 heteroatoms. The van der Waals surface area contributed by atoms with Gasteiger partial charge in [0, 0.05) is 17.0 Å². The number of hydrogen-bond donors (Lipinski definition) is 0. The van der Waals surface area contributed by atoms with Crippen LogP contribution in [0.1, 0.15) is 24.5 Å². The fourth-order valence-corrected chi connectivity index (χ4v) is 3.88. The van der Waals surface area contributed by atoms with Crippen LogP contribution in [0.5, 0.6) is 5.75 Å². The van der Waals surface area contributed by atoms with Crippen LogP contribution in [0.4, 0.5) is 5.69 Å². The highest BCUT2D eigenvalue weighted by Crippen LogP contribution is 2.34. The minimum Gasteiger partial charge on any atom is -0.497 e. The zero-order chi connectivity index (χ0) is 22.7. The quantitative estimate of drug-likeness (QED) is 0.364. The SMILES string of the molecule is COc1ccc(N2N=C(/C=C(\C)c3ccc(Cl)cc3)CC=C2c2ccc(Cl)c(Cl)c2)cc1. The topological polar surface area (TPSA) is 24.8 Å². The summed E-state index contributed by atoms with van der Waals surface area (Å²) in [5.41, 5.74) is 5.95. The lowest BCUT2D eigenvalue weighted by Crippen LogP contribution is -2.21. The van der Waals surface area contributed by atoms with E-state index in [1.54, 1.807) is 13.2 Å². The van der Waals surface area contributed by atoms with Gasteiger partial charge in [0.05, 0.1) is 34.3 Å². The maximum atomic E-state index is 6.29. The number of hydrogen-bond acceptors (Lipinski definition) is 3. The van der Waals surface area contributed by atoms with Crippen LogP contribution >= 0.6 is 34.8 Å². The lowest BCUT2D eigenvalue weighted by molar-refractivity contribution is 0.415. The van der Waals surface area contributed by atoms with Gasteiger partial charge in [-0.05, 0) is 72.7 Å². The van der Waals surface area contributed by atoms with Gasteiger partial charge < -0.3 is 4.74 Å². The van der Waals surface area contributed by atoms with Crippen molar-refractivity contribution in [1.82, 2.24) is 0 Å². The van der Waals surface area contributed by atoms with Crippen molar-refractivity contribution < 1.29 is 4.74 Å². The van der Waals surface area contributed by atoms with E-state index in [2.05, 4.69) is 19.1 Å². The smallest absolute Gasteiger partial charge is 0.119 e. The van der Waals surface area contributed by atoms with Crippen molar-refractivity contribution in [3.8, 4) is 5.75 Å². The number of ether oxygens (including phenoxy) is 1. The number of nitrogens with zero attached hydrogens (tertiary/aromatic N) is 2. The Morgan fingerprint density at radius 1 is 0.938 bits per heavy atom. The van der Waals surface area contributed by atoms with Crippen molar-refractivity contribution >= 4 is 57.5 Å². The fraction of sp³-hybridized carbons (Fsp3) is 0.115. The number of halogens is 3. The minimum atomic E-state index is 0.507. The van der Waals surface area contributed by atoms with E-state index in [1.807, 2.05) is 65.7 Å². The van der Waals surface area contributed by atoms with Crippen LogP contribution in [0.3, 0.4) is 0 Å². The van der Waals surface area contributed by atoms with Crippen molar-refractivity contribution in [1.29, 1.82) is 0 Å². The molecule has 1 heterocycles. The molecule has 162 valence electrons. The molecule has 0 bridgehead atoms. The summed E-state index contributed by atoms with van der Waals surface area (Å²) in [6.07, 6.45) is 4.94. The molecule has 0 aliphatic carbocycles. The summed E-state index contributed by atoms with van der Waals surface area (Å²) in [6.45, 7) is 2.07. The van der Waals surface area contributed by atoms with E-state index < -0.39 is 0 Å². The van der Waals surface area contributed by atoms with Gasteiger partial charge in [-0.3, -0.25) is 0 Å². The molecule has 1 aliphatic heterocycles. The number of hydrazone groups is 1. The molecule has 0 N–H and O–H groups in total. The Hall–Kier alpha value is -2.72. The maximum Gasteiger partial charge on any atom is 0.119 e. The first-order valence-electron chi connectivity index (χ1n) is 10.1. The van der Waals surface area contributed by atoms with Gasteiger partial charge in [0.1, 0.15) is 5.75 Å². The molecule has 0 unspecified atom stereocenters. The Balaban J connectivity index is 1.72. The fourth-order valence-electron chi connectivity index (χ4n) is 3.46. The van der Waals surface area contributed by atoms with Crippen LogP contribution in [-0.4, -0.2) is 12.8 Å². The summed E-state index contributed by atoms with van der Waals surface area (Å²) >= 11 is 18.5. The molecular formula is C26H21Cl3N2O. The summed E-state index contributed by atoms with van der Waals surface area (Å²) < 4.78 is 5.31. The lowest BCUT2D eigenvalue weighted by atomic mass is 10.0. The van der Waals surface area contributed by atoms with Crippen LogP contribution in [0.2, 0.25) is 15.1 Å². The summed E-state index contributed by atoms with van der Waals surface area (Å²) in [5.74, 6) is 0.786. The molecule has 0 spiro atoms. The number of allylic oxidation sites excluding steroid dienone is 3. The Bertz CT molecular complexity index is 1210. The second-order valence-corrected chi connectivity index (χ2v) is 8.61. The van der Waals surface area contributed by atoms with E-state index in [-0.39, 0.29) is 0 Å². The van der Waals surface area contributed by atoms with Crippen molar-refractivity contribution in [3.05, 3.63) is 105 Å². The molecule has 4 rings (SSSR count). The first-order valence-corrected chi connectivity index (χ1v) is 11.2. The first-order chi connectivity index (χ1) is 15.4. The van der Waals surface area contributed by atoms with Crippen molar-refractivity contribution in [2.75, 3.05) is 12.1 Å². The average Bonchev–Trinajstić information content (AvgIpc) is 2.81. The number of rotatable bonds is 5. The van der Waals surface area contributed by atoms with Gasteiger partial charge >= 0.3 is 0 Å². The molecule has 0 saturated heterocycles. The molecule has 3 nitrogen and oxygen atoms in total. The van der Waals surface area contributed by atoms with E-state index >= 15 is 0 Å². The van der Waals surface area contributed by atoms with Gasteiger partial charge in [-0.1, -0.05) is 59.1 Å². The molecule has 3 aromatic rings. The van der Waals surface area contributed by atoms with Gasteiger partial charge in [0.25, 0.3) is 0 Å². The van der Waals surface area contributed by atoms with Gasteiger partial charge in [0.2, 0.25) is 0 Å². The van der Waals surface area contributed by atoms with E-state index in [4.69, 9.17) is 44.6 Å². The van der Waals surface area contributed by atoms with Crippen LogP contribution in [0, 0.1) is 0 Å². The molecule has 0 saturated carbocycles. The molecule has 0 atom stereocenters. The average molecular weight is 484 g/mol. The van der Waals surface area contributed by atoms with Crippen molar-refractivity contribution in [2.45, 2.75) is 13.3 Å². The van der Waals surface area contributed by atoms with Crippen LogP contribution in [0.15, 0.2) is 84.0 Å². The summed E-state index contributed by atoms with van der Waals surface area (Å²) in [5, 5.41) is 8.63. The summed E-state index contributed by atoms with van der Waals surface area (Å²) in [7, 11) is 1.65.